The lowest BCUT2D eigenvalue weighted by atomic mass is 10.1. The van der Waals surface area contributed by atoms with Crippen molar-refractivity contribution in [2.24, 2.45) is 0 Å². The van der Waals surface area contributed by atoms with Gasteiger partial charge in [0.1, 0.15) is 0 Å². The van der Waals surface area contributed by atoms with Gasteiger partial charge in [-0.15, -0.1) is 0 Å². The highest BCUT2D eigenvalue weighted by Gasteiger charge is 2.22. The van der Waals surface area contributed by atoms with Gasteiger partial charge in [-0.05, 0) is 48.7 Å². The molecule has 0 saturated heterocycles. The van der Waals surface area contributed by atoms with Crippen molar-refractivity contribution in [1.82, 2.24) is 23.9 Å². The monoisotopic (exact) mass is 565 g/mol. The molecule has 0 radical (unpaired) electrons. The number of halogens is 1. The Morgan fingerprint density at radius 3 is 2.58 bits per heavy atom. The van der Waals surface area contributed by atoms with Crippen molar-refractivity contribution in [3.05, 3.63) is 128 Å². The molecule has 0 spiro atoms. The largest absolute Gasteiger partial charge is 0.361 e. The highest BCUT2D eigenvalue weighted by Crippen LogP contribution is 2.27. The van der Waals surface area contributed by atoms with Crippen LogP contribution in [0.25, 0.3) is 37.2 Å². The van der Waals surface area contributed by atoms with Crippen molar-refractivity contribution in [2.45, 2.75) is 26.4 Å². The fourth-order valence-corrected chi connectivity index (χ4v) is 6.65. The number of benzene rings is 3. The summed E-state index contributed by atoms with van der Waals surface area (Å²) in [5.41, 5.74) is 4.70. The Balaban J connectivity index is 1.40. The van der Waals surface area contributed by atoms with Gasteiger partial charge in [-0.1, -0.05) is 71.5 Å². The zero-order valence-corrected chi connectivity index (χ0v) is 23.2. The third kappa shape index (κ3) is 3.99. The lowest BCUT2D eigenvalue weighted by Gasteiger charge is -2.13. The fourth-order valence-electron chi connectivity index (χ4n) is 5.48. The van der Waals surface area contributed by atoms with Crippen LogP contribution in [0.15, 0.2) is 94.6 Å². The summed E-state index contributed by atoms with van der Waals surface area (Å²) < 4.78 is 6.10. The maximum atomic E-state index is 14.1. The number of nitrogens with one attached hydrogen (secondary N) is 1. The maximum Gasteiger partial charge on any atom is 0.283 e. The van der Waals surface area contributed by atoms with E-state index in [0.29, 0.717) is 46.3 Å². The van der Waals surface area contributed by atoms with Gasteiger partial charge < -0.3 is 9.55 Å². The van der Waals surface area contributed by atoms with E-state index in [9.17, 15) is 9.59 Å². The number of aromatic nitrogens is 5. The Hall–Kier alpha value is -4.40. The van der Waals surface area contributed by atoms with E-state index >= 15 is 0 Å². The molecule has 0 fully saturated rings. The van der Waals surface area contributed by atoms with Crippen molar-refractivity contribution in [1.29, 1.82) is 0 Å². The Morgan fingerprint density at radius 2 is 1.73 bits per heavy atom. The second-order valence-corrected chi connectivity index (χ2v) is 11.2. The predicted molar refractivity (Wildman–Crippen MR) is 162 cm³/mol. The molecule has 0 bridgehead atoms. The molecular weight excluding hydrogens is 542 g/mol. The molecule has 4 aromatic heterocycles. The normalized spacial score (nSPS) is 11.8. The molecule has 4 heterocycles. The maximum absolute atomic E-state index is 14.1. The molecule has 0 atom stereocenters. The van der Waals surface area contributed by atoms with E-state index in [2.05, 4.69) is 11.1 Å². The summed E-state index contributed by atoms with van der Waals surface area (Å²) in [6, 6.07) is 25.0. The third-order valence-electron chi connectivity index (χ3n) is 7.50. The minimum Gasteiger partial charge on any atom is -0.361 e. The van der Waals surface area contributed by atoms with Crippen LogP contribution >= 0.6 is 22.9 Å². The summed E-state index contributed by atoms with van der Waals surface area (Å²) in [4.78, 5) is 35.8. The molecule has 7 nitrogen and oxygen atoms in total. The van der Waals surface area contributed by atoms with Gasteiger partial charge in [-0.25, -0.2) is 4.98 Å². The van der Waals surface area contributed by atoms with Crippen molar-refractivity contribution >= 4 is 55.0 Å². The zero-order valence-electron chi connectivity index (χ0n) is 21.6. The third-order valence-corrected chi connectivity index (χ3v) is 8.88. The molecule has 0 unspecified atom stereocenters. The fraction of sp³-hybridized carbons (Fsp3) is 0.129. The summed E-state index contributed by atoms with van der Waals surface area (Å²) in [5, 5.41) is 2.78. The lowest BCUT2D eigenvalue weighted by molar-refractivity contribution is 0.610. The van der Waals surface area contributed by atoms with Crippen LogP contribution in [0.4, 0.5) is 0 Å². The van der Waals surface area contributed by atoms with Gasteiger partial charge >= 0.3 is 0 Å². The molecule has 9 heteroatoms. The number of hydrogen-bond acceptors (Lipinski definition) is 4. The van der Waals surface area contributed by atoms with Gasteiger partial charge in [0, 0.05) is 40.4 Å². The summed E-state index contributed by atoms with van der Waals surface area (Å²) in [7, 11) is 0. The average Bonchev–Trinajstić information content (AvgIpc) is 3.64. The minimum absolute atomic E-state index is 0.154. The first kappa shape index (κ1) is 24.6. The molecule has 0 amide bonds. The number of hydrogen-bond donors (Lipinski definition) is 1. The number of pyridine rings is 1. The van der Waals surface area contributed by atoms with Crippen molar-refractivity contribution in [3.63, 3.8) is 0 Å². The highest BCUT2D eigenvalue weighted by molar-refractivity contribution is 7.20. The molecule has 1 N–H and O–H groups in total. The second-order valence-electron chi connectivity index (χ2n) is 9.82. The number of rotatable bonds is 6. The first-order valence-corrected chi connectivity index (χ1v) is 14.2. The van der Waals surface area contributed by atoms with E-state index in [1.807, 2.05) is 84.5 Å². The molecule has 40 heavy (non-hydrogen) atoms. The molecule has 0 aliphatic heterocycles. The molecule has 0 aliphatic rings. The Kier molecular flexibility index (Phi) is 5.95. The average molecular weight is 566 g/mol. The van der Waals surface area contributed by atoms with Gasteiger partial charge in [0.25, 0.3) is 11.1 Å². The standard InChI is InChI=1S/C31H24ClN5O2S/c1-19-29-26(16-28(38)35(19)15-14-20-17-33-24-11-5-3-9-22(20)24)36(18-21-8-2-4-10-23(21)32)37(30(29)39)31-34-25-12-6-7-13-27(25)40-31/h2-13,16-17,33H,14-15,18H2,1H3. The minimum atomic E-state index is -0.209. The molecule has 0 saturated carbocycles. The van der Waals surface area contributed by atoms with Crippen LogP contribution in [0, 0.1) is 6.92 Å². The topological polar surface area (TPSA) is 77.6 Å². The van der Waals surface area contributed by atoms with E-state index in [1.54, 1.807) is 15.3 Å². The number of aromatic amines is 1. The lowest BCUT2D eigenvalue weighted by Crippen LogP contribution is -2.24. The van der Waals surface area contributed by atoms with E-state index in [0.717, 1.165) is 32.2 Å². The zero-order chi connectivity index (χ0) is 27.4. The number of para-hydroxylation sites is 2. The van der Waals surface area contributed by atoms with Gasteiger partial charge in [0.15, 0.2) is 0 Å². The van der Waals surface area contributed by atoms with Crippen molar-refractivity contribution < 1.29 is 0 Å². The summed E-state index contributed by atoms with van der Waals surface area (Å²) in [6.45, 7) is 2.62. The molecule has 7 aromatic rings. The van der Waals surface area contributed by atoms with Gasteiger partial charge in [0.2, 0.25) is 5.13 Å². The number of H-pyrrole nitrogens is 1. The SMILES string of the molecule is Cc1c2c(=O)n(-c3nc4ccccc4s3)n(Cc3ccccc3Cl)c2cc(=O)n1CCc1c[nH]c2ccccc12. The van der Waals surface area contributed by atoms with Crippen LogP contribution in [-0.4, -0.2) is 23.9 Å². The van der Waals surface area contributed by atoms with Gasteiger partial charge in [-0.3, -0.25) is 14.3 Å². The van der Waals surface area contributed by atoms with Crippen molar-refractivity contribution in [2.75, 3.05) is 0 Å². The Bertz CT molecular complexity index is 2150. The number of fused-ring (bicyclic) bond motifs is 3. The smallest absolute Gasteiger partial charge is 0.283 e. The van der Waals surface area contributed by atoms with Crippen LogP contribution in [0.5, 0.6) is 0 Å². The second kappa shape index (κ2) is 9.66. The van der Waals surface area contributed by atoms with Crippen LogP contribution in [0.2, 0.25) is 5.02 Å². The van der Waals surface area contributed by atoms with Crippen LogP contribution < -0.4 is 11.1 Å². The quantitative estimate of drug-likeness (QED) is 0.257. The van der Waals surface area contributed by atoms with Crippen LogP contribution in [0.1, 0.15) is 16.8 Å². The van der Waals surface area contributed by atoms with E-state index in [1.165, 1.54) is 11.3 Å². The number of thiazole rings is 1. The predicted octanol–water partition coefficient (Wildman–Crippen LogP) is 6.30. The van der Waals surface area contributed by atoms with Gasteiger partial charge in [0.05, 0.1) is 27.7 Å². The molecular formula is C31H24ClN5O2S. The van der Waals surface area contributed by atoms with E-state index in [4.69, 9.17) is 16.6 Å². The van der Waals surface area contributed by atoms with Crippen molar-refractivity contribution in [3.8, 4) is 5.13 Å². The first-order valence-electron chi connectivity index (χ1n) is 13.0. The summed E-state index contributed by atoms with van der Waals surface area (Å²) >= 11 is 7.97. The molecule has 198 valence electrons. The molecule has 0 aliphatic carbocycles. The summed E-state index contributed by atoms with van der Waals surface area (Å²) in [6.07, 6.45) is 2.65. The summed E-state index contributed by atoms with van der Waals surface area (Å²) in [5.74, 6) is 0. The first-order chi connectivity index (χ1) is 19.5. The van der Waals surface area contributed by atoms with Crippen LogP contribution in [0.3, 0.4) is 0 Å². The van der Waals surface area contributed by atoms with Gasteiger partial charge in [-0.2, -0.15) is 4.68 Å². The Morgan fingerprint density at radius 1 is 0.950 bits per heavy atom. The molecule has 7 rings (SSSR count). The number of nitrogens with zero attached hydrogens (tertiary/aromatic N) is 4. The van der Waals surface area contributed by atoms with E-state index < -0.39 is 0 Å². The Labute approximate surface area is 237 Å². The van der Waals surface area contributed by atoms with E-state index in [-0.39, 0.29) is 11.1 Å². The molecule has 3 aromatic carbocycles. The van der Waals surface area contributed by atoms with Crippen LogP contribution in [-0.2, 0) is 19.5 Å². The highest BCUT2D eigenvalue weighted by atomic mass is 35.5. The number of aryl methyl sites for hydroxylation is 2.